The third-order valence-electron chi connectivity index (χ3n) is 5.59. The van der Waals surface area contributed by atoms with Crippen LogP contribution in [0, 0.1) is 5.92 Å². The summed E-state index contributed by atoms with van der Waals surface area (Å²) in [7, 11) is 0. The van der Waals surface area contributed by atoms with Gasteiger partial charge in [-0.05, 0) is 43.7 Å². The highest BCUT2D eigenvalue weighted by molar-refractivity contribution is 5.71. The van der Waals surface area contributed by atoms with E-state index < -0.39 is 0 Å². The van der Waals surface area contributed by atoms with Crippen LogP contribution in [-0.4, -0.2) is 48.0 Å². The first-order chi connectivity index (χ1) is 14.7. The lowest BCUT2D eigenvalue weighted by molar-refractivity contribution is 0.203. The summed E-state index contributed by atoms with van der Waals surface area (Å²) in [6, 6.07) is 6.10. The quantitative estimate of drug-likeness (QED) is 0.538. The summed E-state index contributed by atoms with van der Waals surface area (Å²) in [5.74, 6) is 1.63. The number of aliphatic hydroxyl groups excluding tert-OH is 1. The summed E-state index contributed by atoms with van der Waals surface area (Å²) < 4.78 is 11.8. The molecule has 1 aliphatic rings. The Hall–Kier alpha value is -2.34. The van der Waals surface area contributed by atoms with E-state index in [9.17, 15) is 5.11 Å². The number of pyridine rings is 2. The highest BCUT2D eigenvalue weighted by Gasteiger charge is 2.20. The van der Waals surface area contributed by atoms with Crippen molar-refractivity contribution in [1.82, 2.24) is 9.97 Å². The molecular formula is C24H35N3O3. The molecule has 164 valence electrons. The minimum absolute atomic E-state index is 0.281. The molecule has 2 aromatic rings. The van der Waals surface area contributed by atoms with Gasteiger partial charge in [0.25, 0.3) is 0 Å². The van der Waals surface area contributed by atoms with E-state index in [2.05, 4.69) is 34.8 Å². The predicted octanol–water partition coefficient (Wildman–Crippen LogP) is 4.71. The fourth-order valence-corrected chi connectivity index (χ4v) is 3.59. The van der Waals surface area contributed by atoms with Crippen LogP contribution in [0.3, 0.4) is 0 Å². The topological polar surface area (TPSA) is 67.7 Å². The maximum Gasteiger partial charge on any atom is 0.224 e. The zero-order valence-corrected chi connectivity index (χ0v) is 18.3. The second-order valence-electron chi connectivity index (χ2n) is 7.95. The largest absolute Gasteiger partial charge is 0.478 e. The van der Waals surface area contributed by atoms with E-state index in [1.165, 1.54) is 0 Å². The lowest BCUT2D eigenvalue weighted by Crippen LogP contribution is -2.34. The average Bonchev–Trinajstić information content (AvgIpc) is 2.80. The number of ether oxygens (including phenoxy) is 2. The first kappa shape index (κ1) is 22.3. The van der Waals surface area contributed by atoms with Gasteiger partial charge in [-0.2, -0.15) is 4.98 Å². The van der Waals surface area contributed by atoms with Crippen LogP contribution in [0.1, 0.15) is 52.4 Å². The number of hydrogen-bond donors (Lipinski definition) is 1. The second kappa shape index (κ2) is 11.7. The highest BCUT2D eigenvalue weighted by atomic mass is 16.5. The van der Waals surface area contributed by atoms with Crippen LogP contribution < -0.4 is 14.4 Å². The Morgan fingerprint density at radius 1 is 1.03 bits per heavy atom. The van der Waals surface area contributed by atoms with E-state index in [1.54, 1.807) is 0 Å². The van der Waals surface area contributed by atoms with Gasteiger partial charge in [-0.25, -0.2) is 0 Å². The Morgan fingerprint density at radius 2 is 1.77 bits per heavy atom. The smallest absolute Gasteiger partial charge is 0.224 e. The number of anilines is 1. The minimum Gasteiger partial charge on any atom is -0.478 e. The van der Waals surface area contributed by atoms with Crippen molar-refractivity contribution in [2.45, 2.75) is 52.4 Å². The zero-order chi connectivity index (χ0) is 21.2. The third kappa shape index (κ3) is 6.08. The van der Waals surface area contributed by atoms with Gasteiger partial charge in [0.2, 0.25) is 11.8 Å². The summed E-state index contributed by atoms with van der Waals surface area (Å²) in [5.41, 5.74) is 3.04. The summed E-state index contributed by atoms with van der Waals surface area (Å²) in [4.78, 5) is 11.5. The number of piperidine rings is 1. The van der Waals surface area contributed by atoms with Crippen LogP contribution in [0.15, 0.2) is 30.6 Å². The molecule has 6 nitrogen and oxygen atoms in total. The van der Waals surface area contributed by atoms with Gasteiger partial charge in [0, 0.05) is 43.1 Å². The molecule has 0 bridgehead atoms. The summed E-state index contributed by atoms with van der Waals surface area (Å²) in [6.45, 7) is 7.76. The molecule has 6 heteroatoms. The van der Waals surface area contributed by atoms with E-state index in [0.29, 0.717) is 30.9 Å². The van der Waals surface area contributed by atoms with Gasteiger partial charge in [0.1, 0.15) is 0 Å². The molecule has 1 fully saturated rings. The van der Waals surface area contributed by atoms with E-state index in [4.69, 9.17) is 9.47 Å². The highest BCUT2D eigenvalue weighted by Crippen LogP contribution is 2.33. The van der Waals surface area contributed by atoms with E-state index in [1.807, 2.05) is 24.5 Å². The summed E-state index contributed by atoms with van der Waals surface area (Å²) >= 11 is 0. The molecule has 2 aromatic heterocycles. The number of rotatable bonds is 11. The van der Waals surface area contributed by atoms with Gasteiger partial charge in [0.15, 0.2) is 0 Å². The monoisotopic (exact) mass is 413 g/mol. The van der Waals surface area contributed by atoms with Crippen molar-refractivity contribution in [1.29, 1.82) is 0 Å². The van der Waals surface area contributed by atoms with Crippen molar-refractivity contribution in [3.05, 3.63) is 30.6 Å². The fraction of sp³-hybridized carbons (Fsp3) is 0.583. The van der Waals surface area contributed by atoms with Crippen molar-refractivity contribution in [3.63, 3.8) is 0 Å². The van der Waals surface area contributed by atoms with Crippen molar-refractivity contribution in [2.75, 3.05) is 37.8 Å². The van der Waals surface area contributed by atoms with Crippen molar-refractivity contribution >= 4 is 5.69 Å². The van der Waals surface area contributed by atoms with Crippen molar-refractivity contribution in [3.8, 4) is 22.9 Å². The standard InChI is InChI=1S/C24H35N3O3/c1-3-5-13-29-23-8-7-22(24(26-23)30-14-6-4-2)20-15-21(17-25-16-20)27-11-9-19(18-28)10-12-27/h7-8,15-17,19,28H,3-6,9-14,18H2,1-2H3. The van der Waals surface area contributed by atoms with Crippen LogP contribution in [0.5, 0.6) is 11.8 Å². The molecule has 1 N–H and O–H groups in total. The second-order valence-corrected chi connectivity index (χ2v) is 7.95. The number of hydrogen-bond acceptors (Lipinski definition) is 6. The zero-order valence-electron chi connectivity index (χ0n) is 18.3. The van der Waals surface area contributed by atoms with Gasteiger partial charge in [0.05, 0.1) is 25.1 Å². The SMILES string of the molecule is CCCCOc1ccc(-c2cncc(N3CCC(CO)CC3)c2)c(OCCCC)n1. The van der Waals surface area contributed by atoms with Crippen molar-refractivity contribution < 1.29 is 14.6 Å². The third-order valence-corrected chi connectivity index (χ3v) is 5.59. The van der Waals surface area contributed by atoms with Gasteiger partial charge in [-0.1, -0.05) is 26.7 Å². The Balaban J connectivity index is 1.80. The fourth-order valence-electron chi connectivity index (χ4n) is 3.59. The molecule has 0 aromatic carbocycles. The lowest BCUT2D eigenvalue weighted by Gasteiger charge is -2.32. The molecule has 0 amide bonds. The van der Waals surface area contributed by atoms with Crippen LogP contribution in [0.2, 0.25) is 0 Å². The summed E-state index contributed by atoms with van der Waals surface area (Å²) in [5, 5.41) is 9.39. The molecule has 3 heterocycles. The Bertz CT molecular complexity index is 776. The molecule has 30 heavy (non-hydrogen) atoms. The maximum absolute atomic E-state index is 9.39. The Kier molecular flexibility index (Phi) is 8.75. The molecule has 0 spiro atoms. The Morgan fingerprint density at radius 3 is 2.47 bits per heavy atom. The first-order valence-corrected chi connectivity index (χ1v) is 11.3. The molecule has 0 unspecified atom stereocenters. The molecule has 0 radical (unpaired) electrons. The van der Waals surface area contributed by atoms with Crippen molar-refractivity contribution in [2.24, 2.45) is 5.92 Å². The molecule has 1 aliphatic heterocycles. The number of aliphatic hydroxyl groups is 1. The average molecular weight is 414 g/mol. The maximum atomic E-state index is 9.39. The van der Waals surface area contributed by atoms with Gasteiger partial charge >= 0.3 is 0 Å². The minimum atomic E-state index is 0.281. The lowest BCUT2D eigenvalue weighted by atomic mass is 9.97. The molecule has 0 atom stereocenters. The molecule has 0 aliphatic carbocycles. The number of unbranched alkanes of at least 4 members (excludes halogenated alkanes) is 2. The number of aromatic nitrogens is 2. The van der Waals surface area contributed by atoms with Gasteiger partial charge in [-0.15, -0.1) is 0 Å². The molecular weight excluding hydrogens is 378 g/mol. The van der Waals surface area contributed by atoms with E-state index in [0.717, 1.165) is 68.4 Å². The predicted molar refractivity (Wildman–Crippen MR) is 120 cm³/mol. The molecule has 0 saturated carbocycles. The molecule has 1 saturated heterocycles. The molecule has 3 rings (SSSR count). The number of nitrogens with zero attached hydrogens (tertiary/aromatic N) is 3. The van der Waals surface area contributed by atoms with Crippen LogP contribution in [0.25, 0.3) is 11.1 Å². The van der Waals surface area contributed by atoms with Gasteiger partial charge in [-0.3, -0.25) is 4.98 Å². The Labute approximate surface area is 180 Å². The van der Waals surface area contributed by atoms with Crippen LogP contribution in [-0.2, 0) is 0 Å². The summed E-state index contributed by atoms with van der Waals surface area (Å²) in [6.07, 6.45) is 9.96. The first-order valence-electron chi connectivity index (χ1n) is 11.3. The van der Waals surface area contributed by atoms with E-state index >= 15 is 0 Å². The van der Waals surface area contributed by atoms with Gasteiger partial charge < -0.3 is 19.5 Å². The van der Waals surface area contributed by atoms with Crippen LogP contribution in [0.4, 0.5) is 5.69 Å². The van der Waals surface area contributed by atoms with Crippen LogP contribution >= 0.6 is 0 Å². The van der Waals surface area contributed by atoms with E-state index in [-0.39, 0.29) is 6.61 Å². The normalized spacial score (nSPS) is 14.7.